The molecule has 0 spiro atoms. The molecule has 0 aliphatic carbocycles. The average molecular weight is 343 g/mol. The summed E-state index contributed by atoms with van der Waals surface area (Å²) in [6.07, 6.45) is 0. The molecule has 0 saturated carbocycles. The molecule has 1 amide bonds. The van der Waals surface area contributed by atoms with E-state index in [9.17, 15) is 4.79 Å². The number of amides is 1. The third kappa shape index (κ3) is 4.05. The highest BCUT2D eigenvalue weighted by molar-refractivity contribution is 7.12. The maximum atomic E-state index is 12.4. The minimum Gasteiger partial charge on any atom is -0.335 e. The van der Waals surface area contributed by atoms with E-state index in [-0.39, 0.29) is 11.3 Å². The zero-order chi connectivity index (χ0) is 17.2. The highest BCUT2D eigenvalue weighted by atomic mass is 32.1. The summed E-state index contributed by atoms with van der Waals surface area (Å²) in [7, 11) is 0. The summed E-state index contributed by atoms with van der Waals surface area (Å²) < 4.78 is 0. The number of rotatable bonds is 3. The third-order valence-corrected chi connectivity index (χ3v) is 5.48. The van der Waals surface area contributed by atoms with Crippen LogP contribution in [-0.2, 0) is 12.0 Å². The molecule has 3 rings (SSSR count). The van der Waals surface area contributed by atoms with E-state index in [2.05, 4.69) is 49.9 Å². The second kappa shape index (κ2) is 7.08. The van der Waals surface area contributed by atoms with Crippen LogP contribution in [0.3, 0.4) is 0 Å². The molecule has 1 aromatic heterocycles. The van der Waals surface area contributed by atoms with Crippen LogP contribution in [0.1, 0.15) is 41.6 Å². The van der Waals surface area contributed by atoms with Crippen LogP contribution < -0.4 is 0 Å². The minimum absolute atomic E-state index is 0.180. The van der Waals surface area contributed by atoms with E-state index in [1.165, 1.54) is 22.5 Å². The fourth-order valence-electron chi connectivity index (χ4n) is 3.03. The Bertz CT molecular complexity index is 663. The van der Waals surface area contributed by atoms with Crippen molar-refractivity contribution in [2.24, 2.45) is 0 Å². The number of hydrogen-bond acceptors (Lipinski definition) is 3. The van der Waals surface area contributed by atoms with Gasteiger partial charge in [0.1, 0.15) is 0 Å². The van der Waals surface area contributed by atoms with Gasteiger partial charge in [0.05, 0.1) is 4.88 Å². The van der Waals surface area contributed by atoms with Gasteiger partial charge in [0.2, 0.25) is 0 Å². The van der Waals surface area contributed by atoms with Crippen molar-refractivity contribution in [1.29, 1.82) is 0 Å². The Morgan fingerprint density at radius 2 is 1.71 bits per heavy atom. The van der Waals surface area contributed by atoms with E-state index >= 15 is 0 Å². The van der Waals surface area contributed by atoms with Crippen molar-refractivity contribution in [1.82, 2.24) is 9.80 Å². The van der Waals surface area contributed by atoms with E-state index in [4.69, 9.17) is 0 Å². The van der Waals surface area contributed by atoms with E-state index in [1.54, 1.807) is 0 Å². The molecule has 0 radical (unpaired) electrons. The summed E-state index contributed by atoms with van der Waals surface area (Å²) in [5.74, 6) is 0.180. The summed E-state index contributed by atoms with van der Waals surface area (Å²) in [4.78, 5) is 17.6. The number of thiophene rings is 1. The van der Waals surface area contributed by atoms with Crippen LogP contribution in [0.4, 0.5) is 0 Å². The third-order valence-electron chi connectivity index (χ3n) is 4.62. The summed E-state index contributed by atoms with van der Waals surface area (Å²) >= 11 is 1.53. The Hall–Kier alpha value is -1.65. The van der Waals surface area contributed by atoms with Crippen molar-refractivity contribution in [3.63, 3.8) is 0 Å². The largest absolute Gasteiger partial charge is 0.335 e. The number of piperazine rings is 1. The van der Waals surface area contributed by atoms with Crippen LogP contribution in [0.25, 0.3) is 0 Å². The standard InChI is InChI=1S/C20H26N2OS/c1-20(2,3)17-8-6-16(7-9-17)15-21-10-12-22(13-11-21)19(23)18-5-4-14-24-18/h4-9,14H,10-13,15H2,1-3H3. The Balaban J connectivity index is 1.53. The second-order valence-electron chi connectivity index (χ2n) is 7.49. The maximum Gasteiger partial charge on any atom is 0.264 e. The molecule has 4 heteroatoms. The molecule has 1 aliphatic rings. The number of carbonyl (C=O) groups excluding carboxylic acids is 1. The van der Waals surface area contributed by atoms with Gasteiger partial charge in [-0.2, -0.15) is 0 Å². The zero-order valence-corrected chi connectivity index (χ0v) is 15.6. The monoisotopic (exact) mass is 342 g/mol. The van der Waals surface area contributed by atoms with Crippen LogP contribution in [0.5, 0.6) is 0 Å². The molecule has 0 atom stereocenters. The molecule has 1 aromatic carbocycles. The molecule has 128 valence electrons. The molecule has 1 saturated heterocycles. The van der Waals surface area contributed by atoms with Gasteiger partial charge < -0.3 is 4.90 Å². The lowest BCUT2D eigenvalue weighted by molar-refractivity contribution is 0.0633. The highest BCUT2D eigenvalue weighted by Crippen LogP contribution is 2.23. The Morgan fingerprint density at radius 1 is 1.04 bits per heavy atom. The zero-order valence-electron chi connectivity index (χ0n) is 14.8. The van der Waals surface area contributed by atoms with Crippen molar-refractivity contribution in [2.75, 3.05) is 26.2 Å². The molecule has 0 bridgehead atoms. The molecule has 0 unspecified atom stereocenters. The van der Waals surface area contributed by atoms with Gasteiger partial charge in [-0.1, -0.05) is 51.1 Å². The van der Waals surface area contributed by atoms with Crippen LogP contribution >= 0.6 is 11.3 Å². The van der Waals surface area contributed by atoms with Crippen LogP contribution in [0.2, 0.25) is 0 Å². The van der Waals surface area contributed by atoms with Crippen LogP contribution in [0, 0.1) is 0 Å². The molecule has 1 fully saturated rings. The van der Waals surface area contributed by atoms with Crippen molar-refractivity contribution >= 4 is 17.2 Å². The summed E-state index contributed by atoms with van der Waals surface area (Å²) in [6, 6.07) is 12.8. The highest BCUT2D eigenvalue weighted by Gasteiger charge is 2.22. The molecule has 0 N–H and O–H groups in total. The van der Waals surface area contributed by atoms with Gasteiger partial charge in [-0.05, 0) is 28.0 Å². The lowest BCUT2D eigenvalue weighted by atomic mass is 9.87. The van der Waals surface area contributed by atoms with Crippen molar-refractivity contribution < 1.29 is 4.79 Å². The van der Waals surface area contributed by atoms with Gasteiger partial charge in [-0.15, -0.1) is 11.3 Å². The maximum absolute atomic E-state index is 12.4. The molecule has 1 aliphatic heterocycles. The van der Waals surface area contributed by atoms with Crippen LogP contribution in [0.15, 0.2) is 41.8 Å². The first-order chi connectivity index (χ1) is 11.4. The SMILES string of the molecule is CC(C)(C)c1ccc(CN2CCN(C(=O)c3cccs3)CC2)cc1. The number of benzene rings is 1. The smallest absolute Gasteiger partial charge is 0.264 e. The molecule has 3 nitrogen and oxygen atoms in total. The number of hydrogen-bond donors (Lipinski definition) is 0. The lowest BCUT2D eigenvalue weighted by Gasteiger charge is -2.34. The van der Waals surface area contributed by atoms with Crippen LogP contribution in [-0.4, -0.2) is 41.9 Å². The number of carbonyl (C=O) groups is 1. The first-order valence-corrected chi connectivity index (χ1v) is 9.46. The predicted octanol–water partition coefficient (Wildman–Crippen LogP) is 4.00. The summed E-state index contributed by atoms with van der Waals surface area (Å²) in [5.41, 5.74) is 2.92. The average Bonchev–Trinajstić information content (AvgIpc) is 3.09. The van der Waals surface area contributed by atoms with Gasteiger partial charge in [0.25, 0.3) is 5.91 Å². The normalized spacial score (nSPS) is 16.4. The van der Waals surface area contributed by atoms with Crippen molar-refractivity contribution in [3.05, 3.63) is 57.8 Å². The predicted molar refractivity (Wildman–Crippen MR) is 101 cm³/mol. The van der Waals surface area contributed by atoms with Gasteiger partial charge in [0, 0.05) is 32.7 Å². The Labute approximate surface area is 148 Å². The summed E-state index contributed by atoms with van der Waals surface area (Å²) in [5, 5.41) is 1.96. The quantitative estimate of drug-likeness (QED) is 0.841. The van der Waals surface area contributed by atoms with E-state index in [1.807, 2.05) is 22.4 Å². The first kappa shape index (κ1) is 17.2. The van der Waals surface area contributed by atoms with Gasteiger partial charge >= 0.3 is 0 Å². The first-order valence-electron chi connectivity index (χ1n) is 8.58. The topological polar surface area (TPSA) is 23.6 Å². The van der Waals surface area contributed by atoms with Gasteiger partial charge in [0.15, 0.2) is 0 Å². The van der Waals surface area contributed by atoms with E-state index in [0.717, 1.165) is 37.6 Å². The van der Waals surface area contributed by atoms with E-state index in [0.29, 0.717) is 0 Å². The van der Waals surface area contributed by atoms with Gasteiger partial charge in [-0.25, -0.2) is 0 Å². The lowest BCUT2D eigenvalue weighted by Crippen LogP contribution is -2.48. The fraction of sp³-hybridized carbons (Fsp3) is 0.450. The second-order valence-corrected chi connectivity index (χ2v) is 8.44. The Kier molecular flexibility index (Phi) is 5.07. The molecule has 2 heterocycles. The van der Waals surface area contributed by atoms with Crippen molar-refractivity contribution in [2.45, 2.75) is 32.7 Å². The molecule has 2 aromatic rings. The fourth-order valence-corrected chi connectivity index (χ4v) is 3.72. The summed E-state index contributed by atoms with van der Waals surface area (Å²) in [6.45, 7) is 11.2. The molecule has 24 heavy (non-hydrogen) atoms. The van der Waals surface area contributed by atoms with Gasteiger partial charge in [-0.3, -0.25) is 9.69 Å². The Morgan fingerprint density at radius 3 is 2.25 bits per heavy atom. The van der Waals surface area contributed by atoms with Crippen molar-refractivity contribution in [3.8, 4) is 0 Å². The van der Waals surface area contributed by atoms with E-state index < -0.39 is 0 Å². The molecular weight excluding hydrogens is 316 g/mol. The molecular formula is C20H26N2OS. The minimum atomic E-state index is 0.180. The number of nitrogens with zero attached hydrogens (tertiary/aromatic N) is 2.